The number of carbonyl (C=O) groups excluding carboxylic acids is 2. The number of nitrogens with one attached hydrogen (secondary N) is 2. The van der Waals surface area contributed by atoms with E-state index < -0.39 is 6.10 Å². The Morgan fingerprint density at radius 3 is 2.13 bits per heavy atom. The second kappa shape index (κ2) is 8.79. The van der Waals surface area contributed by atoms with Crippen LogP contribution >= 0.6 is 0 Å². The first-order valence-corrected chi connectivity index (χ1v) is 9.77. The van der Waals surface area contributed by atoms with Gasteiger partial charge in [0.05, 0.1) is 25.6 Å². The zero-order chi connectivity index (χ0) is 21.8. The number of hydrogen-bond acceptors (Lipinski definition) is 5. The van der Waals surface area contributed by atoms with Gasteiger partial charge < -0.3 is 24.8 Å². The number of anilines is 2. The minimum atomic E-state index is -0.634. The number of ether oxygens (including phenoxy) is 3. The SMILES string of the molecule is COc1cc(NC(=O)[C@@H]2Cc3ccccc3O2)c(OC)cc1NC(=O)c1ccccc1. The van der Waals surface area contributed by atoms with Crippen molar-refractivity contribution in [1.29, 1.82) is 0 Å². The van der Waals surface area contributed by atoms with Crippen LogP contribution in [0.5, 0.6) is 17.2 Å². The second-order valence-corrected chi connectivity index (χ2v) is 6.98. The third kappa shape index (κ3) is 4.30. The molecule has 1 heterocycles. The molecule has 0 spiro atoms. The van der Waals surface area contributed by atoms with E-state index in [4.69, 9.17) is 14.2 Å². The Kier molecular flexibility index (Phi) is 5.75. The van der Waals surface area contributed by atoms with Crippen LogP contribution in [-0.2, 0) is 11.2 Å². The number of carbonyl (C=O) groups is 2. The molecule has 4 rings (SSSR count). The molecule has 0 fully saturated rings. The van der Waals surface area contributed by atoms with Crippen molar-refractivity contribution in [2.45, 2.75) is 12.5 Å². The molecule has 1 atom stereocenters. The Hall–Kier alpha value is -4.00. The van der Waals surface area contributed by atoms with Gasteiger partial charge in [0.2, 0.25) is 0 Å². The Bertz CT molecular complexity index is 1090. The number of amides is 2. The second-order valence-electron chi connectivity index (χ2n) is 6.98. The summed E-state index contributed by atoms with van der Waals surface area (Å²) in [5.74, 6) is 0.905. The van der Waals surface area contributed by atoms with Crippen molar-refractivity contribution in [1.82, 2.24) is 0 Å². The molecule has 1 aliphatic heterocycles. The van der Waals surface area contributed by atoms with Crippen LogP contribution in [0.25, 0.3) is 0 Å². The van der Waals surface area contributed by atoms with Crippen molar-refractivity contribution in [2.24, 2.45) is 0 Å². The van der Waals surface area contributed by atoms with Gasteiger partial charge in [-0.25, -0.2) is 0 Å². The Morgan fingerprint density at radius 1 is 0.871 bits per heavy atom. The number of methoxy groups -OCH3 is 2. The Balaban J connectivity index is 1.53. The smallest absolute Gasteiger partial charge is 0.265 e. The fraction of sp³-hybridized carbons (Fsp3) is 0.167. The lowest BCUT2D eigenvalue weighted by atomic mass is 10.1. The molecule has 0 aromatic heterocycles. The first-order chi connectivity index (χ1) is 15.1. The monoisotopic (exact) mass is 418 g/mol. The Morgan fingerprint density at radius 2 is 1.48 bits per heavy atom. The van der Waals surface area contributed by atoms with Gasteiger partial charge in [0.15, 0.2) is 6.10 Å². The van der Waals surface area contributed by atoms with E-state index in [9.17, 15) is 9.59 Å². The lowest BCUT2D eigenvalue weighted by molar-refractivity contribution is -0.122. The van der Waals surface area contributed by atoms with Crippen molar-refractivity contribution < 1.29 is 23.8 Å². The largest absolute Gasteiger partial charge is 0.494 e. The zero-order valence-electron chi connectivity index (χ0n) is 17.2. The van der Waals surface area contributed by atoms with Gasteiger partial charge in [-0.15, -0.1) is 0 Å². The highest BCUT2D eigenvalue weighted by Crippen LogP contribution is 2.37. The summed E-state index contributed by atoms with van der Waals surface area (Å²) in [5, 5.41) is 5.66. The third-order valence-corrected chi connectivity index (χ3v) is 5.00. The molecule has 0 aliphatic carbocycles. The van der Waals surface area contributed by atoms with Crippen LogP contribution in [0.3, 0.4) is 0 Å². The van der Waals surface area contributed by atoms with Crippen LogP contribution in [0.4, 0.5) is 11.4 Å². The molecular weight excluding hydrogens is 396 g/mol. The minimum Gasteiger partial charge on any atom is -0.494 e. The van der Waals surface area contributed by atoms with Crippen molar-refractivity contribution >= 4 is 23.2 Å². The maximum Gasteiger partial charge on any atom is 0.265 e. The fourth-order valence-electron chi connectivity index (χ4n) is 3.42. The Labute approximate surface area is 179 Å². The highest BCUT2D eigenvalue weighted by molar-refractivity contribution is 6.05. The lowest BCUT2D eigenvalue weighted by Gasteiger charge is -2.17. The minimum absolute atomic E-state index is 0.283. The average molecular weight is 418 g/mol. The predicted octanol–water partition coefficient (Wildman–Crippen LogP) is 3.90. The molecule has 3 aromatic rings. The topological polar surface area (TPSA) is 85.9 Å². The van der Waals surface area contributed by atoms with Gasteiger partial charge in [0.25, 0.3) is 11.8 Å². The van der Waals surface area contributed by atoms with E-state index in [1.807, 2.05) is 30.3 Å². The molecule has 1 aliphatic rings. The van der Waals surface area contributed by atoms with Crippen LogP contribution in [0.2, 0.25) is 0 Å². The molecule has 0 bridgehead atoms. The molecule has 0 saturated carbocycles. The summed E-state index contributed by atoms with van der Waals surface area (Å²) in [6, 6.07) is 19.6. The molecular formula is C24H22N2O5. The van der Waals surface area contributed by atoms with Gasteiger partial charge in [-0.2, -0.15) is 0 Å². The fourth-order valence-corrected chi connectivity index (χ4v) is 3.42. The first kappa shape index (κ1) is 20.3. The van der Waals surface area contributed by atoms with E-state index in [1.165, 1.54) is 14.2 Å². The van der Waals surface area contributed by atoms with Crippen LogP contribution in [0.15, 0.2) is 66.7 Å². The first-order valence-electron chi connectivity index (χ1n) is 9.77. The van der Waals surface area contributed by atoms with E-state index in [2.05, 4.69) is 10.6 Å². The quantitative estimate of drug-likeness (QED) is 0.634. The summed E-state index contributed by atoms with van der Waals surface area (Å²) in [5.41, 5.74) is 2.35. The van der Waals surface area contributed by atoms with Gasteiger partial charge in [0, 0.05) is 24.1 Å². The van der Waals surface area contributed by atoms with Gasteiger partial charge in [-0.3, -0.25) is 9.59 Å². The highest BCUT2D eigenvalue weighted by Gasteiger charge is 2.29. The average Bonchev–Trinajstić information content (AvgIpc) is 3.24. The predicted molar refractivity (Wildman–Crippen MR) is 117 cm³/mol. The van der Waals surface area contributed by atoms with Crippen molar-refractivity contribution in [3.8, 4) is 17.2 Å². The molecule has 2 N–H and O–H groups in total. The maximum absolute atomic E-state index is 12.8. The maximum atomic E-state index is 12.8. The molecule has 0 unspecified atom stereocenters. The summed E-state index contributed by atoms with van der Waals surface area (Å²) in [6.07, 6.45) is -0.141. The summed E-state index contributed by atoms with van der Waals surface area (Å²) >= 11 is 0. The number of benzene rings is 3. The standard InChI is InChI=1S/C24H22N2O5/c1-29-20-14-18(26-24(28)22-12-16-10-6-7-11-19(16)31-22)21(30-2)13-17(20)25-23(27)15-8-4-3-5-9-15/h3-11,13-14,22H,12H2,1-2H3,(H,25,27)(H,26,28)/t22-/m0/s1. The number of fused-ring (bicyclic) bond motifs is 1. The number of hydrogen-bond donors (Lipinski definition) is 2. The van der Waals surface area contributed by atoms with Gasteiger partial charge in [-0.1, -0.05) is 36.4 Å². The lowest BCUT2D eigenvalue weighted by Crippen LogP contribution is -2.31. The molecule has 3 aromatic carbocycles. The van der Waals surface area contributed by atoms with Crippen LogP contribution in [0, 0.1) is 0 Å². The number of para-hydroxylation sites is 1. The molecule has 2 amide bonds. The molecule has 0 saturated heterocycles. The molecule has 0 radical (unpaired) electrons. The summed E-state index contributed by atoms with van der Waals surface area (Å²) < 4.78 is 16.6. The van der Waals surface area contributed by atoms with Gasteiger partial charge >= 0.3 is 0 Å². The number of rotatable bonds is 6. The van der Waals surface area contributed by atoms with Crippen molar-refractivity contribution in [3.05, 3.63) is 77.9 Å². The van der Waals surface area contributed by atoms with E-state index in [0.29, 0.717) is 40.6 Å². The van der Waals surface area contributed by atoms with E-state index in [1.54, 1.807) is 36.4 Å². The molecule has 7 heteroatoms. The van der Waals surface area contributed by atoms with Crippen molar-refractivity contribution in [2.75, 3.05) is 24.9 Å². The zero-order valence-corrected chi connectivity index (χ0v) is 17.2. The molecule has 158 valence electrons. The summed E-state index contributed by atoms with van der Waals surface area (Å²) in [7, 11) is 2.98. The summed E-state index contributed by atoms with van der Waals surface area (Å²) in [4.78, 5) is 25.3. The van der Waals surface area contributed by atoms with E-state index in [-0.39, 0.29) is 11.8 Å². The highest BCUT2D eigenvalue weighted by atomic mass is 16.5. The van der Waals surface area contributed by atoms with E-state index in [0.717, 1.165) is 5.56 Å². The van der Waals surface area contributed by atoms with E-state index >= 15 is 0 Å². The van der Waals surface area contributed by atoms with Gasteiger partial charge in [-0.05, 0) is 23.8 Å². The molecule has 31 heavy (non-hydrogen) atoms. The van der Waals surface area contributed by atoms with Gasteiger partial charge in [0.1, 0.15) is 17.2 Å². The van der Waals surface area contributed by atoms with Crippen LogP contribution in [-0.4, -0.2) is 32.1 Å². The summed E-state index contributed by atoms with van der Waals surface area (Å²) in [6.45, 7) is 0. The molecule has 7 nitrogen and oxygen atoms in total. The van der Waals surface area contributed by atoms with Crippen LogP contribution < -0.4 is 24.8 Å². The normalized spacial score (nSPS) is 14.2. The third-order valence-electron chi connectivity index (χ3n) is 5.00. The van der Waals surface area contributed by atoms with Crippen molar-refractivity contribution in [3.63, 3.8) is 0 Å². The van der Waals surface area contributed by atoms with Crippen LogP contribution in [0.1, 0.15) is 15.9 Å².